The first-order valence-electron chi connectivity index (χ1n) is 6.43. The number of rotatable bonds is 4. The van der Waals surface area contributed by atoms with Gasteiger partial charge in [0.15, 0.2) is 5.11 Å². The van der Waals surface area contributed by atoms with Gasteiger partial charge in [0.05, 0.1) is 6.54 Å². The first-order chi connectivity index (χ1) is 9.54. The van der Waals surface area contributed by atoms with Crippen molar-refractivity contribution in [3.63, 3.8) is 0 Å². The van der Waals surface area contributed by atoms with Gasteiger partial charge in [0.25, 0.3) is 0 Å². The number of benzene rings is 1. The van der Waals surface area contributed by atoms with Crippen LogP contribution < -0.4 is 10.6 Å². The molecule has 1 aromatic heterocycles. The molecule has 5 heteroatoms. The van der Waals surface area contributed by atoms with Crippen molar-refractivity contribution >= 4 is 28.9 Å². The highest BCUT2D eigenvalue weighted by atomic mass is 35.5. The fourth-order valence-corrected chi connectivity index (χ4v) is 2.16. The van der Waals surface area contributed by atoms with E-state index in [2.05, 4.69) is 10.6 Å². The van der Waals surface area contributed by atoms with Crippen molar-refractivity contribution < 1.29 is 4.42 Å². The van der Waals surface area contributed by atoms with Crippen LogP contribution in [0.2, 0.25) is 5.02 Å². The van der Waals surface area contributed by atoms with Crippen molar-refractivity contribution in [1.82, 2.24) is 10.6 Å². The summed E-state index contributed by atoms with van der Waals surface area (Å²) in [6.45, 7) is 4.64. The van der Waals surface area contributed by atoms with E-state index in [9.17, 15) is 0 Å². The fourth-order valence-electron chi connectivity index (χ4n) is 1.72. The molecule has 0 atom stereocenters. The quantitative estimate of drug-likeness (QED) is 0.838. The Morgan fingerprint density at radius 3 is 2.55 bits per heavy atom. The third-order valence-electron chi connectivity index (χ3n) is 2.63. The smallest absolute Gasteiger partial charge is 0.166 e. The van der Waals surface area contributed by atoms with E-state index in [4.69, 9.17) is 28.2 Å². The molecule has 20 heavy (non-hydrogen) atoms. The third kappa shape index (κ3) is 4.25. The summed E-state index contributed by atoms with van der Waals surface area (Å²) >= 11 is 11.0. The monoisotopic (exact) mass is 308 g/mol. The minimum atomic E-state index is 0.316. The maximum atomic E-state index is 5.87. The number of hydrogen-bond donors (Lipinski definition) is 2. The van der Waals surface area contributed by atoms with Crippen LogP contribution in [0.1, 0.15) is 19.6 Å². The van der Waals surface area contributed by atoms with Gasteiger partial charge in [0.1, 0.15) is 11.5 Å². The van der Waals surface area contributed by atoms with Gasteiger partial charge >= 0.3 is 0 Å². The van der Waals surface area contributed by atoms with Crippen molar-refractivity contribution in [3.8, 4) is 11.3 Å². The van der Waals surface area contributed by atoms with Crippen molar-refractivity contribution in [2.75, 3.05) is 0 Å². The number of furan rings is 1. The van der Waals surface area contributed by atoms with Gasteiger partial charge in [-0.25, -0.2) is 0 Å². The van der Waals surface area contributed by atoms with Gasteiger partial charge in [-0.1, -0.05) is 11.6 Å². The highest BCUT2D eigenvalue weighted by Crippen LogP contribution is 2.23. The minimum absolute atomic E-state index is 0.316. The number of nitrogens with one attached hydrogen (secondary N) is 2. The molecule has 0 bridgehead atoms. The van der Waals surface area contributed by atoms with Crippen LogP contribution >= 0.6 is 23.8 Å². The highest BCUT2D eigenvalue weighted by molar-refractivity contribution is 7.80. The summed E-state index contributed by atoms with van der Waals surface area (Å²) in [6, 6.07) is 11.8. The molecule has 106 valence electrons. The first-order valence-corrected chi connectivity index (χ1v) is 7.22. The van der Waals surface area contributed by atoms with Crippen LogP contribution in [0.3, 0.4) is 0 Å². The van der Waals surface area contributed by atoms with E-state index in [1.54, 1.807) is 0 Å². The molecular weight excluding hydrogens is 292 g/mol. The molecule has 0 aliphatic rings. The number of thiocarbonyl (C=S) groups is 1. The zero-order valence-corrected chi connectivity index (χ0v) is 13.0. The third-order valence-corrected chi connectivity index (χ3v) is 3.15. The summed E-state index contributed by atoms with van der Waals surface area (Å²) in [7, 11) is 0. The van der Waals surface area contributed by atoms with Gasteiger partial charge in [0, 0.05) is 16.6 Å². The molecule has 0 aliphatic carbocycles. The summed E-state index contributed by atoms with van der Waals surface area (Å²) in [6.07, 6.45) is 0. The number of halogens is 1. The molecule has 1 aromatic carbocycles. The lowest BCUT2D eigenvalue weighted by atomic mass is 10.2. The van der Waals surface area contributed by atoms with E-state index < -0.39 is 0 Å². The van der Waals surface area contributed by atoms with Crippen molar-refractivity contribution in [3.05, 3.63) is 47.2 Å². The van der Waals surface area contributed by atoms with Gasteiger partial charge in [-0.15, -0.1) is 0 Å². The Morgan fingerprint density at radius 1 is 1.20 bits per heavy atom. The fraction of sp³-hybridized carbons (Fsp3) is 0.267. The van der Waals surface area contributed by atoms with Crippen LogP contribution in [0.5, 0.6) is 0 Å². The van der Waals surface area contributed by atoms with Crippen LogP contribution in [0.25, 0.3) is 11.3 Å². The molecule has 0 radical (unpaired) electrons. The molecule has 0 saturated carbocycles. The predicted octanol–water partition coefficient (Wildman–Crippen LogP) is 3.97. The molecular formula is C15H17ClN2OS. The maximum Gasteiger partial charge on any atom is 0.166 e. The van der Waals surface area contributed by atoms with E-state index in [-0.39, 0.29) is 0 Å². The summed E-state index contributed by atoms with van der Waals surface area (Å²) in [5.74, 6) is 1.66. The van der Waals surface area contributed by atoms with Crippen LogP contribution in [0.15, 0.2) is 40.8 Å². The van der Waals surface area contributed by atoms with E-state index in [0.717, 1.165) is 17.1 Å². The summed E-state index contributed by atoms with van der Waals surface area (Å²) < 4.78 is 5.77. The molecule has 0 amide bonds. The van der Waals surface area contributed by atoms with Crippen LogP contribution in [-0.2, 0) is 6.54 Å². The van der Waals surface area contributed by atoms with Crippen LogP contribution in [0, 0.1) is 0 Å². The van der Waals surface area contributed by atoms with Gasteiger partial charge in [-0.3, -0.25) is 0 Å². The van der Waals surface area contributed by atoms with Crippen molar-refractivity contribution in [2.24, 2.45) is 0 Å². The molecule has 2 aromatic rings. The predicted molar refractivity (Wildman–Crippen MR) is 86.9 cm³/mol. The summed E-state index contributed by atoms with van der Waals surface area (Å²) in [4.78, 5) is 0. The van der Waals surface area contributed by atoms with Gasteiger partial charge < -0.3 is 15.1 Å². The molecule has 1 heterocycles. The molecule has 2 rings (SSSR count). The Kier molecular flexibility index (Phi) is 5.04. The van der Waals surface area contributed by atoms with E-state index in [1.165, 1.54) is 0 Å². The summed E-state index contributed by atoms with van der Waals surface area (Å²) in [5, 5.41) is 7.58. The lowest BCUT2D eigenvalue weighted by Crippen LogP contribution is -2.38. The normalized spacial score (nSPS) is 10.6. The second kappa shape index (κ2) is 6.77. The zero-order valence-electron chi connectivity index (χ0n) is 11.4. The topological polar surface area (TPSA) is 37.2 Å². The molecule has 0 fully saturated rings. The van der Waals surface area contributed by atoms with Crippen molar-refractivity contribution in [1.29, 1.82) is 0 Å². The Labute approximate surface area is 129 Å². The van der Waals surface area contributed by atoms with Crippen molar-refractivity contribution in [2.45, 2.75) is 26.4 Å². The standard InChI is InChI=1S/C15H17ClN2OS/c1-10(2)18-15(20)17-9-13-7-8-14(19-13)11-3-5-12(16)6-4-11/h3-8,10H,9H2,1-2H3,(H2,17,18,20). The van der Waals surface area contributed by atoms with Crippen LogP contribution in [0.4, 0.5) is 0 Å². The zero-order chi connectivity index (χ0) is 14.5. The minimum Gasteiger partial charge on any atom is -0.459 e. The SMILES string of the molecule is CC(C)NC(=S)NCc1ccc(-c2ccc(Cl)cc2)o1. The average Bonchev–Trinajstić information content (AvgIpc) is 2.85. The van der Waals surface area contributed by atoms with Gasteiger partial charge in [-0.05, 0) is 62.5 Å². The second-order valence-electron chi connectivity index (χ2n) is 4.75. The van der Waals surface area contributed by atoms with Gasteiger partial charge in [0.2, 0.25) is 0 Å². The molecule has 0 spiro atoms. The lowest BCUT2D eigenvalue weighted by Gasteiger charge is -2.11. The van der Waals surface area contributed by atoms with E-state index in [0.29, 0.717) is 22.7 Å². The van der Waals surface area contributed by atoms with E-state index >= 15 is 0 Å². The average molecular weight is 309 g/mol. The largest absolute Gasteiger partial charge is 0.459 e. The molecule has 3 nitrogen and oxygen atoms in total. The van der Waals surface area contributed by atoms with Gasteiger partial charge in [-0.2, -0.15) is 0 Å². The number of hydrogen-bond acceptors (Lipinski definition) is 2. The molecule has 0 unspecified atom stereocenters. The molecule has 0 saturated heterocycles. The first kappa shape index (κ1) is 14.9. The maximum absolute atomic E-state index is 5.87. The highest BCUT2D eigenvalue weighted by Gasteiger charge is 2.05. The Bertz CT molecular complexity index is 578. The Morgan fingerprint density at radius 2 is 1.90 bits per heavy atom. The second-order valence-corrected chi connectivity index (χ2v) is 5.60. The van der Waals surface area contributed by atoms with Crippen LogP contribution in [-0.4, -0.2) is 11.2 Å². The Hall–Kier alpha value is -1.52. The lowest BCUT2D eigenvalue weighted by molar-refractivity contribution is 0.514. The van der Waals surface area contributed by atoms with E-state index in [1.807, 2.05) is 50.2 Å². The summed E-state index contributed by atoms with van der Waals surface area (Å²) in [5.41, 5.74) is 1.00. The molecule has 0 aliphatic heterocycles. The molecule has 2 N–H and O–H groups in total. The Balaban J connectivity index is 1.95.